The van der Waals surface area contributed by atoms with Gasteiger partial charge in [-0.2, -0.15) is 0 Å². The van der Waals surface area contributed by atoms with E-state index in [1.165, 1.54) is 0 Å². The predicted molar refractivity (Wildman–Crippen MR) is 53.5 cm³/mol. The summed E-state index contributed by atoms with van der Waals surface area (Å²) in [5.74, 6) is 0. The van der Waals surface area contributed by atoms with E-state index in [1.807, 2.05) is 31.2 Å². The SMILES string of the molecule is CCCO.c1ccc2[nH]cnc2c1. The number of fused-ring (bicyclic) bond motifs is 1. The lowest BCUT2D eigenvalue weighted by Gasteiger charge is -1.81. The second kappa shape index (κ2) is 5.32. The predicted octanol–water partition coefficient (Wildman–Crippen LogP) is 1.95. The molecule has 0 aliphatic heterocycles. The van der Waals surface area contributed by atoms with Crippen molar-refractivity contribution in [3.63, 3.8) is 0 Å². The van der Waals surface area contributed by atoms with Gasteiger partial charge in [0.15, 0.2) is 0 Å². The Kier molecular flexibility index (Phi) is 3.99. The Labute approximate surface area is 77.4 Å². The minimum atomic E-state index is 0.319. The number of nitrogens with zero attached hydrogens (tertiary/aromatic N) is 1. The number of hydrogen-bond donors (Lipinski definition) is 2. The molecule has 0 bridgehead atoms. The number of aromatic amines is 1. The van der Waals surface area contributed by atoms with Crippen molar-refractivity contribution in [2.24, 2.45) is 0 Å². The zero-order chi connectivity index (χ0) is 9.52. The lowest BCUT2D eigenvalue weighted by molar-refractivity contribution is 0.295. The number of nitrogens with one attached hydrogen (secondary N) is 1. The topological polar surface area (TPSA) is 48.9 Å². The number of rotatable bonds is 1. The van der Waals surface area contributed by atoms with Crippen molar-refractivity contribution in [3.8, 4) is 0 Å². The van der Waals surface area contributed by atoms with Crippen molar-refractivity contribution < 1.29 is 5.11 Å². The Morgan fingerprint density at radius 2 is 2.08 bits per heavy atom. The average Bonchev–Trinajstić information content (AvgIpc) is 2.66. The van der Waals surface area contributed by atoms with E-state index in [0.717, 1.165) is 17.5 Å². The summed E-state index contributed by atoms with van der Waals surface area (Å²) in [5.41, 5.74) is 2.12. The highest BCUT2D eigenvalue weighted by molar-refractivity contribution is 5.73. The number of benzene rings is 1. The standard InChI is InChI=1S/C7H6N2.C3H8O/c1-2-4-7-6(3-1)8-5-9-7;1-2-3-4/h1-5H,(H,8,9);4H,2-3H2,1H3. The van der Waals surface area contributed by atoms with Crippen LogP contribution >= 0.6 is 0 Å². The molecule has 0 aliphatic carbocycles. The van der Waals surface area contributed by atoms with Gasteiger partial charge in [0.2, 0.25) is 0 Å². The molecule has 2 N–H and O–H groups in total. The molecule has 3 nitrogen and oxygen atoms in total. The summed E-state index contributed by atoms with van der Waals surface area (Å²) in [5, 5.41) is 7.88. The summed E-state index contributed by atoms with van der Waals surface area (Å²) >= 11 is 0. The number of hydrogen-bond acceptors (Lipinski definition) is 2. The van der Waals surface area contributed by atoms with Crippen LogP contribution < -0.4 is 0 Å². The molecule has 2 aromatic rings. The van der Waals surface area contributed by atoms with Gasteiger partial charge in [0.1, 0.15) is 0 Å². The fourth-order valence-corrected chi connectivity index (χ4v) is 0.880. The number of aromatic nitrogens is 2. The van der Waals surface area contributed by atoms with Crippen molar-refractivity contribution in [3.05, 3.63) is 30.6 Å². The Balaban J connectivity index is 0.000000184. The summed E-state index contributed by atoms with van der Waals surface area (Å²) in [4.78, 5) is 7.07. The highest BCUT2D eigenvalue weighted by atomic mass is 16.2. The zero-order valence-corrected chi connectivity index (χ0v) is 7.70. The van der Waals surface area contributed by atoms with Gasteiger partial charge >= 0.3 is 0 Å². The van der Waals surface area contributed by atoms with Gasteiger partial charge in [-0.3, -0.25) is 0 Å². The van der Waals surface area contributed by atoms with Gasteiger partial charge in [-0.25, -0.2) is 4.98 Å². The van der Waals surface area contributed by atoms with Crippen LogP contribution in [0.2, 0.25) is 0 Å². The molecule has 3 heteroatoms. The van der Waals surface area contributed by atoms with E-state index in [1.54, 1.807) is 6.33 Å². The minimum absolute atomic E-state index is 0.319. The van der Waals surface area contributed by atoms with Crippen LogP contribution in [-0.4, -0.2) is 21.7 Å². The third-order valence-electron chi connectivity index (χ3n) is 1.55. The maximum Gasteiger partial charge on any atom is 0.0931 e. The lowest BCUT2D eigenvalue weighted by atomic mass is 10.3. The Morgan fingerprint density at radius 1 is 1.38 bits per heavy atom. The van der Waals surface area contributed by atoms with E-state index >= 15 is 0 Å². The van der Waals surface area contributed by atoms with Crippen molar-refractivity contribution >= 4 is 11.0 Å². The summed E-state index contributed by atoms with van der Waals surface area (Å²) in [6, 6.07) is 7.94. The fraction of sp³-hybridized carbons (Fsp3) is 0.300. The van der Waals surface area contributed by atoms with Crippen LogP contribution in [0.25, 0.3) is 11.0 Å². The fourth-order valence-electron chi connectivity index (χ4n) is 0.880. The maximum atomic E-state index is 7.88. The molecule has 13 heavy (non-hydrogen) atoms. The molecule has 1 aromatic heterocycles. The van der Waals surface area contributed by atoms with Gasteiger partial charge in [0, 0.05) is 6.61 Å². The van der Waals surface area contributed by atoms with Gasteiger partial charge in [-0.15, -0.1) is 0 Å². The van der Waals surface area contributed by atoms with Crippen LogP contribution in [0.1, 0.15) is 13.3 Å². The quantitative estimate of drug-likeness (QED) is 0.701. The van der Waals surface area contributed by atoms with E-state index in [2.05, 4.69) is 9.97 Å². The summed E-state index contributed by atoms with van der Waals surface area (Å²) in [6.45, 7) is 2.25. The Morgan fingerprint density at radius 3 is 2.69 bits per heavy atom. The van der Waals surface area contributed by atoms with E-state index in [9.17, 15) is 0 Å². The molecular formula is C10H14N2O. The minimum Gasteiger partial charge on any atom is -0.396 e. The molecule has 0 unspecified atom stereocenters. The molecule has 2 rings (SSSR count). The van der Waals surface area contributed by atoms with Crippen LogP contribution in [0.15, 0.2) is 30.6 Å². The molecule has 1 aromatic carbocycles. The van der Waals surface area contributed by atoms with Crippen molar-refractivity contribution in [1.29, 1.82) is 0 Å². The first-order valence-electron chi connectivity index (χ1n) is 4.37. The number of imidazole rings is 1. The van der Waals surface area contributed by atoms with Crippen LogP contribution in [0, 0.1) is 0 Å². The number of aliphatic hydroxyl groups is 1. The van der Waals surface area contributed by atoms with Crippen LogP contribution in [-0.2, 0) is 0 Å². The van der Waals surface area contributed by atoms with E-state index < -0.39 is 0 Å². The van der Waals surface area contributed by atoms with Gasteiger partial charge in [0.05, 0.1) is 17.4 Å². The van der Waals surface area contributed by atoms with E-state index in [4.69, 9.17) is 5.11 Å². The Bertz CT molecular complexity index is 311. The van der Waals surface area contributed by atoms with Gasteiger partial charge in [-0.1, -0.05) is 19.1 Å². The molecule has 0 atom stereocenters. The first-order chi connectivity index (χ1) is 6.38. The molecule has 1 heterocycles. The van der Waals surface area contributed by atoms with Crippen LogP contribution in [0.4, 0.5) is 0 Å². The Hall–Kier alpha value is -1.35. The molecule has 70 valence electrons. The number of H-pyrrole nitrogens is 1. The zero-order valence-electron chi connectivity index (χ0n) is 7.70. The molecule has 0 amide bonds. The second-order valence-corrected chi connectivity index (χ2v) is 2.64. The first kappa shape index (κ1) is 9.74. The molecule has 0 aliphatic rings. The van der Waals surface area contributed by atoms with Gasteiger partial charge < -0.3 is 10.1 Å². The third kappa shape index (κ3) is 2.87. The number of aliphatic hydroxyl groups excluding tert-OH is 1. The molecule has 0 fully saturated rings. The van der Waals surface area contributed by atoms with Crippen LogP contribution in [0.3, 0.4) is 0 Å². The molecule has 0 saturated carbocycles. The molecule has 0 radical (unpaired) electrons. The molecule has 0 saturated heterocycles. The van der Waals surface area contributed by atoms with Crippen molar-refractivity contribution in [2.45, 2.75) is 13.3 Å². The average molecular weight is 178 g/mol. The second-order valence-electron chi connectivity index (χ2n) is 2.64. The number of para-hydroxylation sites is 2. The van der Waals surface area contributed by atoms with Gasteiger partial charge in [-0.05, 0) is 18.6 Å². The third-order valence-corrected chi connectivity index (χ3v) is 1.55. The first-order valence-corrected chi connectivity index (χ1v) is 4.37. The van der Waals surface area contributed by atoms with Crippen molar-refractivity contribution in [1.82, 2.24) is 9.97 Å². The smallest absolute Gasteiger partial charge is 0.0931 e. The normalized spacial score (nSPS) is 9.38. The maximum absolute atomic E-state index is 7.88. The van der Waals surface area contributed by atoms with Crippen molar-refractivity contribution in [2.75, 3.05) is 6.61 Å². The molecular weight excluding hydrogens is 164 g/mol. The summed E-state index contributed by atoms with van der Waals surface area (Å²) in [7, 11) is 0. The molecule has 0 spiro atoms. The summed E-state index contributed by atoms with van der Waals surface area (Å²) in [6.07, 6.45) is 2.57. The lowest BCUT2D eigenvalue weighted by Crippen LogP contribution is -1.69. The largest absolute Gasteiger partial charge is 0.396 e. The highest BCUT2D eigenvalue weighted by Gasteiger charge is 1.88. The van der Waals surface area contributed by atoms with Gasteiger partial charge in [0.25, 0.3) is 0 Å². The van der Waals surface area contributed by atoms with E-state index in [-0.39, 0.29) is 0 Å². The van der Waals surface area contributed by atoms with E-state index in [0.29, 0.717) is 6.61 Å². The summed E-state index contributed by atoms with van der Waals surface area (Å²) < 4.78 is 0. The highest BCUT2D eigenvalue weighted by Crippen LogP contribution is 2.05. The monoisotopic (exact) mass is 178 g/mol. The van der Waals surface area contributed by atoms with Crippen LogP contribution in [0.5, 0.6) is 0 Å².